The summed E-state index contributed by atoms with van der Waals surface area (Å²) >= 11 is 0. The van der Waals surface area contributed by atoms with Gasteiger partial charge in [0.25, 0.3) is 0 Å². The quantitative estimate of drug-likeness (QED) is 0.768. The minimum absolute atomic E-state index is 0.304. The normalized spacial score (nSPS) is 18.6. The van der Waals surface area contributed by atoms with Crippen molar-refractivity contribution in [3.05, 3.63) is 29.6 Å². The minimum atomic E-state index is -0.304. The molecule has 0 radical (unpaired) electrons. The molecule has 1 aliphatic carbocycles. The molecule has 2 heteroatoms. The lowest BCUT2D eigenvalue weighted by Crippen LogP contribution is -2.01. The molecule has 1 atom stereocenters. The summed E-state index contributed by atoms with van der Waals surface area (Å²) in [7, 11) is 0. The highest BCUT2D eigenvalue weighted by Gasteiger charge is 2.25. The lowest BCUT2D eigenvalue weighted by molar-refractivity contribution is 0.159. The Bertz CT molecular complexity index is 294. The predicted molar refractivity (Wildman–Crippen MR) is 51.3 cm³/mol. The van der Waals surface area contributed by atoms with Crippen LogP contribution in [0.4, 0.5) is 0 Å². The molecule has 2 rings (SSSR count). The zero-order valence-corrected chi connectivity index (χ0v) is 7.90. The largest absolute Gasteiger partial charge is 0.388 e. The Hall–Kier alpha value is -0.890. The lowest BCUT2D eigenvalue weighted by atomic mass is 10.0. The van der Waals surface area contributed by atoms with Crippen molar-refractivity contribution in [2.45, 2.75) is 32.3 Å². The standard InChI is InChI=1S/C11H15NO/c1-8-10(3-2-6-12-8)11(13)7-9-4-5-9/h2-3,6,9,11,13H,4-5,7H2,1H3. The molecule has 1 fully saturated rings. The number of aromatic nitrogens is 1. The van der Waals surface area contributed by atoms with Gasteiger partial charge in [-0.05, 0) is 25.3 Å². The second-order valence-electron chi connectivity index (χ2n) is 3.87. The van der Waals surface area contributed by atoms with E-state index >= 15 is 0 Å². The van der Waals surface area contributed by atoms with Crippen LogP contribution in [0.15, 0.2) is 18.3 Å². The summed E-state index contributed by atoms with van der Waals surface area (Å²) in [5.74, 6) is 0.759. The molecule has 0 aliphatic heterocycles. The molecule has 1 unspecified atom stereocenters. The number of aliphatic hydroxyl groups excluding tert-OH is 1. The van der Waals surface area contributed by atoms with Gasteiger partial charge in [-0.15, -0.1) is 0 Å². The van der Waals surface area contributed by atoms with Crippen molar-refractivity contribution in [2.24, 2.45) is 5.92 Å². The van der Waals surface area contributed by atoms with Gasteiger partial charge < -0.3 is 5.11 Å². The number of hydrogen-bond acceptors (Lipinski definition) is 2. The fraction of sp³-hybridized carbons (Fsp3) is 0.545. The smallest absolute Gasteiger partial charge is 0.0810 e. The highest BCUT2D eigenvalue weighted by molar-refractivity contribution is 5.21. The van der Waals surface area contributed by atoms with Gasteiger partial charge in [0, 0.05) is 17.5 Å². The van der Waals surface area contributed by atoms with Crippen LogP contribution in [0.5, 0.6) is 0 Å². The molecule has 1 N–H and O–H groups in total. The van der Waals surface area contributed by atoms with Gasteiger partial charge in [0.05, 0.1) is 6.10 Å². The van der Waals surface area contributed by atoms with E-state index in [0.717, 1.165) is 23.6 Å². The highest BCUT2D eigenvalue weighted by Crippen LogP contribution is 2.37. The van der Waals surface area contributed by atoms with Crippen LogP contribution in [-0.2, 0) is 0 Å². The van der Waals surface area contributed by atoms with E-state index in [1.807, 2.05) is 19.1 Å². The van der Waals surface area contributed by atoms with E-state index < -0.39 is 0 Å². The molecule has 1 aromatic heterocycles. The van der Waals surface area contributed by atoms with E-state index in [2.05, 4.69) is 4.98 Å². The van der Waals surface area contributed by atoms with Gasteiger partial charge in [0.1, 0.15) is 0 Å². The number of aryl methyl sites for hydroxylation is 1. The molecule has 1 heterocycles. The van der Waals surface area contributed by atoms with Gasteiger partial charge in [0.15, 0.2) is 0 Å². The summed E-state index contributed by atoms with van der Waals surface area (Å²) in [5.41, 5.74) is 1.95. The molecular weight excluding hydrogens is 162 g/mol. The topological polar surface area (TPSA) is 33.1 Å². The van der Waals surface area contributed by atoms with Crippen LogP contribution >= 0.6 is 0 Å². The van der Waals surface area contributed by atoms with Gasteiger partial charge >= 0.3 is 0 Å². The summed E-state index contributed by atoms with van der Waals surface area (Å²) in [6, 6.07) is 3.85. The molecule has 0 spiro atoms. The SMILES string of the molecule is Cc1ncccc1C(O)CC1CC1. The molecule has 0 bridgehead atoms. The Kier molecular flexibility index (Phi) is 2.32. The van der Waals surface area contributed by atoms with Crippen molar-refractivity contribution in [3.8, 4) is 0 Å². The van der Waals surface area contributed by atoms with E-state index in [9.17, 15) is 5.11 Å². The molecule has 0 aromatic carbocycles. The Morgan fingerprint density at radius 1 is 1.62 bits per heavy atom. The average Bonchev–Trinajstić information content (AvgIpc) is 2.89. The number of aliphatic hydroxyl groups is 1. The van der Waals surface area contributed by atoms with Crippen LogP contribution in [0.3, 0.4) is 0 Å². The van der Waals surface area contributed by atoms with Gasteiger partial charge in [-0.1, -0.05) is 18.9 Å². The van der Waals surface area contributed by atoms with Crippen LogP contribution in [0.2, 0.25) is 0 Å². The molecule has 1 saturated carbocycles. The van der Waals surface area contributed by atoms with E-state index in [1.165, 1.54) is 12.8 Å². The summed E-state index contributed by atoms with van der Waals surface area (Å²) in [6.45, 7) is 1.95. The highest BCUT2D eigenvalue weighted by atomic mass is 16.3. The van der Waals surface area contributed by atoms with Crippen molar-refractivity contribution in [3.63, 3.8) is 0 Å². The molecule has 0 amide bonds. The van der Waals surface area contributed by atoms with Crippen molar-refractivity contribution in [1.29, 1.82) is 0 Å². The predicted octanol–water partition coefficient (Wildman–Crippen LogP) is 2.22. The average molecular weight is 177 g/mol. The fourth-order valence-electron chi connectivity index (χ4n) is 1.65. The molecule has 1 aromatic rings. The maximum absolute atomic E-state index is 9.87. The van der Waals surface area contributed by atoms with Gasteiger partial charge in [-0.2, -0.15) is 0 Å². The minimum Gasteiger partial charge on any atom is -0.388 e. The number of rotatable bonds is 3. The first kappa shape index (κ1) is 8.70. The van der Waals surface area contributed by atoms with E-state index in [4.69, 9.17) is 0 Å². The third kappa shape index (κ3) is 2.07. The Morgan fingerprint density at radius 3 is 3.00 bits per heavy atom. The fourth-order valence-corrected chi connectivity index (χ4v) is 1.65. The number of pyridine rings is 1. The van der Waals surface area contributed by atoms with Gasteiger partial charge in [0.2, 0.25) is 0 Å². The van der Waals surface area contributed by atoms with Gasteiger partial charge in [-0.25, -0.2) is 0 Å². The van der Waals surface area contributed by atoms with E-state index in [1.54, 1.807) is 6.20 Å². The zero-order chi connectivity index (χ0) is 9.26. The molecule has 1 aliphatic rings. The summed E-state index contributed by atoms with van der Waals surface area (Å²) < 4.78 is 0. The van der Waals surface area contributed by atoms with Crippen molar-refractivity contribution in [1.82, 2.24) is 4.98 Å². The van der Waals surface area contributed by atoms with Crippen LogP contribution in [-0.4, -0.2) is 10.1 Å². The molecule has 13 heavy (non-hydrogen) atoms. The van der Waals surface area contributed by atoms with Crippen molar-refractivity contribution < 1.29 is 5.11 Å². The van der Waals surface area contributed by atoms with E-state index in [0.29, 0.717) is 0 Å². The monoisotopic (exact) mass is 177 g/mol. The number of nitrogens with zero attached hydrogens (tertiary/aromatic N) is 1. The van der Waals surface area contributed by atoms with Gasteiger partial charge in [-0.3, -0.25) is 4.98 Å². The lowest BCUT2D eigenvalue weighted by Gasteiger charge is -2.11. The second kappa shape index (κ2) is 3.46. The summed E-state index contributed by atoms with van der Waals surface area (Å²) in [5, 5.41) is 9.87. The summed E-state index contributed by atoms with van der Waals surface area (Å²) in [6.07, 6.45) is 4.95. The zero-order valence-electron chi connectivity index (χ0n) is 7.90. The van der Waals surface area contributed by atoms with Crippen LogP contribution < -0.4 is 0 Å². The first-order valence-electron chi connectivity index (χ1n) is 4.87. The summed E-state index contributed by atoms with van der Waals surface area (Å²) in [4.78, 5) is 4.17. The van der Waals surface area contributed by atoms with Crippen LogP contribution in [0.1, 0.15) is 36.6 Å². The molecule has 70 valence electrons. The molecule has 2 nitrogen and oxygen atoms in total. The molecular formula is C11H15NO. The Labute approximate surface area is 78.6 Å². The maximum atomic E-state index is 9.87. The third-order valence-electron chi connectivity index (χ3n) is 2.66. The maximum Gasteiger partial charge on any atom is 0.0810 e. The Morgan fingerprint density at radius 2 is 2.38 bits per heavy atom. The van der Waals surface area contributed by atoms with Crippen LogP contribution in [0.25, 0.3) is 0 Å². The van der Waals surface area contributed by atoms with Crippen molar-refractivity contribution >= 4 is 0 Å². The third-order valence-corrected chi connectivity index (χ3v) is 2.66. The second-order valence-corrected chi connectivity index (χ2v) is 3.87. The first-order chi connectivity index (χ1) is 6.27. The first-order valence-corrected chi connectivity index (χ1v) is 4.87. The van der Waals surface area contributed by atoms with Crippen LogP contribution in [0, 0.1) is 12.8 Å². The van der Waals surface area contributed by atoms with Crippen molar-refractivity contribution in [2.75, 3.05) is 0 Å². The molecule has 0 saturated heterocycles. The Balaban J connectivity index is 2.09. The van der Waals surface area contributed by atoms with E-state index in [-0.39, 0.29) is 6.10 Å². The number of hydrogen-bond donors (Lipinski definition) is 1.